The average molecular weight is 506 g/mol. The molecule has 10 nitrogen and oxygen atoms in total. The number of carbonyl (C=O) groups excluding carboxylic acids is 1. The van der Waals surface area contributed by atoms with Crippen LogP contribution < -0.4 is 15.4 Å². The Morgan fingerprint density at radius 3 is 2.53 bits per heavy atom. The second kappa shape index (κ2) is 9.25. The highest BCUT2D eigenvalue weighted by Gasteiger charge is 2.28. The number of carbonyl (C=O) groups is 1. The lowest BCUT2D eigenvalue weighted by Crippen LogP contribution is -2.48. The Labute approximate surface area is 209 Å². The fourth-order valence-electron chi connectivity index (χ4n) is 4.40. The molecule has 0 atom stereocenters. The molecular weight excluding hydrogens is 478 g/mol. The van der Waals surface area contributed by atoms with E-state index in [1.165, 1.54) is 23.2 Å². The molecule has 1 aliphatic heterocycles. The zero-order valence-electron chi connectivity index (χ0n) is 20.0. The minimum absolute atomic E-state index is 0.298. The third kappa shape index (κ3) is 4.75. The number of hydrogen-bond donors (Lipinski definition) is 2. The van der Waals surface area contributed by atoms with E-state index in [0.29, 0.717) is 24.1 Å². The number of fused-ring (bicyclic) bond motifs is 1. The molecular formula is C25H27N7O3S. The first-order valence-corrected chi connectivity index (χ1v) is 13.3. The number of primary amides is 1. The van der Waals surface area contributed by atoms with Gasteiger partial charge in [-0.25, -0.2) is 17.9 Å². The summed E-state index contributed by atoms with van der Waals surface area (Å²) in [5.74, 6) is 0.498. The number of sulfonamides is 1. The second-order valence-corrected chi connectivity index (χ2v) is 11.0. The lowest BCUT2D eigenvalue weighted by Gasteiger charge is -2.38. The average Bonchev–Trinajstić information content (AvgIpc) is 3.24. The van der Waals surface area contributed by atoms with Crippen LogP contribution in [-0.4, -0.2) is 66.8 Å². The van der Waals surface area contributed by atoms with Crippen LogP contribution in [0.25, 0.3) is 16.8 Å². The topological polar surface area (TPSA) is 126 Å². The van der Waals surface area contributed by atoms with Crippen molar-refractivity contribution in [2.75, 3.05) is 42.6 Å². The SMILES string of the molecule is CN(c1ccccc1-c1ccc2cnc(Nc3ccc(C4CN(CC(N)=O)C4)cc3)nn12)S(C)(=O)=O. The van der Waals surface area contributed by atoms with Crippen molar-refractivity contribution in [3.05, 3.63) is 72.4 Å². The molecule has 1 fully saturated rings. The van der Waals surface area contributed by atoms with Gasteiger partial charge < -0.3 is 11.1 Å². The van der Waals surface area contributed by atoms with Gasteiger partial charge in [-0.15, -0.1) is 5.10 Å². The Hall–Kier alpha value is -3.96. The molecule has 5 rings (SSSR count). The van der Waals surface area contributed by atoms with Gasteiger partial charge in [0.2, 0.25) is 21.9 Å². The summed E-state index contributed by atoms with van der Waals surface area (Å²) in [6.45, 7) is 1.94. The normalized spacial score (nSPS) is 14.5. The fourth-order valence-corrected chi connectivity index (χ4v) is 4.92. The van der Waals surface area contributed by atoms with E-state index in [4.69, 9.17) is 5.73 Å². The van der Waals surface area contributed by atoms with Gasteiger partial charge in [-0.05, 0) is 35.9 Å². The number of amides is 1. The van der Waals surface area contributed by atoms with Crippen LogP contribution in [0.5, 0.6) is 0 Å². The molecule has 186 valence electrons. The van der Waals surface area contributed by atoms with E-state index < -0.39 is 10.0 Å². The van der Waals surface area contributed by atoms with Crippen LogP contribution >= 0.6 is 0 Å². The summed E-state index contributed by atoms with van der Waals surface area (Å²) in [5.41, 5.74) is 10.2. The van der Waals surface area contributed by atoms with Crippen LogP contribution in [0.4, 0.5) is 17.3 Å². The maximum absolute atomic E-state index is 12.2. The van der Waals surface area contributed by atoms with Gasteiger partial charge in [-0.2, -0.15) is 0 Å². The highest BCUT2D eigenvalue weighted by molar-refractivity contribution is 7.92. The number of hydrogen-bond acceptors (Lipinski definition) is 7. The molecule has 36 heavy (non-hydrogen) atoms. The first kappa shape index (κ1) is 23.8. The molecule has 0 bridgehead atoms. The van der Waals surface area contributed by atoms with E-state index in [1.807, 2.05) is 41.3 Å². The summed E-state index contributed by atoms with van der Waals surface area (Å²) < 4.78 is 27.4. The summed E-state index contributed by atoms with van der Waals surface area (Å²) in [4.78, 5) is 17.5. The number of likely N-dealkylation sites (tertiary alicyclic amines) is 1. The molecule has 3 N–H and O–H groups in total. The predicted octanol–water partition coefficient (Wildman–Crippen LogP) is 2.42. The molecule has 4 aromatic rings. The van der Waals surface area contributed by atoms with Crippen molar-refractivity contribution in [3.8, 4) is 11.3 Å². The molecule has 2 aromatic carbocycles. The summed E-state index contributed by atoms with van der Waals surface area (Å²) in [5, 5.41) is 7.91. The number of aromatic nitrogens is 3. The molecule has 0 saturated carbocycles. The van der Waals surface area contributed by atoms with Crippen LogP contribution in [0.15, 0.2) is 66.9 Å². The zero-order valence-corrected chi connectivity index (χ0v) is 20.8. The molecule has 0 spiro atoms. The van der Waals surface area contributed by atoms with Crippen molar-refractivity contribution >= 4 is 38.8 Å². The van der Waals surface area contributed by atoms with Crippen LogP contribution in [0.2, 0.25) is 0 Å². The first-order valence-electron chi connectivity index (χ1n) is 11.4. The van der Waals surface area contributed by atoms with Gasteiger partial charge in [0, 0.05) is 37.3 Å². The maximum Gasteiger partial charge on any atom is 0.245 e. The van der Waals surface area contributed by atoms with E-state index in [-0.39, 0.29) is 5.91 Å². The van der Waals surface area contributed by atoms with Gasteiger partial charge >= 0.3 is 0 Å². The van der Waals surface area contributed by atoms with Gasteiger partial charge in [0.1, 0.15) is 0 Å². The van der Waals surface area contributed by atoms with Gasteiger partial charge in [-0.3, -0.25) is 14.0 Å². The van der Waals surface area contributed by atoms with Crippen molar-refractivity contribution in [3.63, 3.8) is 0 Å². The van der Waals surface area contributed by atoms with Crippen LogP contribution in [0.3, 0.4) is 0 Å². The van der Waals surface area contributed by atoms with Gasteiger partial charge in [0.25, 0.3) is 0 Å². The lowest BCUT2D eigenvalue weighted by molar-refractivity contribution is -0.120. The number of nitrogens with two attached hydrogens (primary N) is 1. The summed E-state index contributed by atoms with van der Waals surface area (Å²) in [6, 6.07) is 19.2. The predicted molar refractivity (Wildman–Crippen MR) is 140 cm³/mol. The molecule has 2 aromatic heterocycles. The summed E-state index contributed by atoms with van der Waals surface area (Å²) in [7, 11) is -1.90. The van der Waals surface area contributed by atoms with E-state index in [0.717, 1.165) is 35.6 Å². The van der Waals surface area contributed by atoms with Crippen molar-refractivity contribution in [2.24, 2.45) is 5.73 Å². The number of nitrogens with zero attached hydrogens (tertiary/aromatic N) is 5. The second-order valence-electron chi connectivity index (χ2n) is 8.99. The van der Waals surface area contributed by atoms with E-state index in [9.17, 15) is 13.2 Å². The van der Waals surface area contributed by atoms with E-state index in [2.05, 4.69) is 27.5 Å². The molecule has 0 aliphatic carbocycles. The number of anilines is 3. The third-order valence-corrected chi connectivity index (χ3v) is 7.58. The molecule has 0 unspecified atom stereocenters. The molecule has 11 heteroatoms. The van der Waals surface area contributed by atoms with Gasteiger partial charge in [0.05, 0.1) is 35.9 Å². The molecule has 1 amide bonds. The highest BCUT2D eigenvalue weighted by Crippen LogP contribution is 2.32. The van der Waals surface area contributed by atoms with Crippen molar-refractivity contribution in [1.29, 1.82) is 0 Å². The standard InChI is InChI=1S/C25H27N7O3S/c1-30(36(2,34)35)22-6-4-3-5-21(22)23-12-11-20-13-27-25(29-32(20)23)28-19-9-7-17(8-10-19)18-14-31(15-18)16-24(26)33/h3-13,18H,14-16H2,1-2H3,(H2,26,33)(H,28,29). The Morgan fingerprint density at radius 1 is 1.11 bits per heavy atom. The molecule has 1 aliphatic rings. The van der Waals surface area contributed by atoms with E-state index in [1.54, 1.807) is 22.8 Å². The quantitative estimate of drug-likeness (QED) is 0.377. The largest absolute Gasteiger partial charge is 0.369 e. The monoisotopic (exact) mass is 505 g/mol. The third-order valence-electron chi connectivity index (χ3n) is 6.39. The fraction of sp³-hybridized carbons (Fsp3) is 0.240. The number of rotatable bonds is 8. The highest BCUT2D eigenvalue weighted by atomic mass is 32.2. The van der Waals surface area contributed by atoms with Crippen LogP contribution in [0.1, 0.15) is 11.5 Å². The Morgan fingerprint density at radius 2 is 1.83 bits per heavy atom. The summed E-state index contributed by atoms with van der Waals surface area (Å²) in [6.07, 6.45) is 2.90. The maximum atomic E-state index is 12.2. The zero-order chi connectivity index (χ0) is 25.4. The smallest absolute Gasteiger partial charge is 0.245 e. The molecule has 1 saturated heterocycles. The number of nitrogens with one attached hydrogen (secondary N) is 1. The molecule has 3 heterocycles. The first-order chi connectivity index (χ1) is 17.2. The van der Waals surface area contributed by atoms with Crippen LogP contribution in [0, 0.1) is 0 Å². The minimum Gasteiger partial charge on any atom is -0.369 e. The number of para-hydroxylation sites is 1. The lowest BCUT2D eigenvalue weighted by atomic mass is 9.91. The number of benzene rings is 2. The van der Waals surface area contributed by atoms with E-state index >= 15 is 0 Å². The van der Waals surface area contributed by atoms with Crippen molar-refractivity contribution in [2.45, 2.75) is 5.92 Å². The Balaban J connectivity index is 1.37. The van der Waals surface area contributed by atoms with Crippen molar-refractivity contribution < 1.29 is 13.2 Å². The van der Waals surface area contributed by atoms with Crippen molar-refractivity contribution in [1.82, 2.24) is 19.5 Å². The minimum atomic E-state index is -3.43. The Bertz CT molecular complexity index is 1530. The Kier molecular flexibility index (Phi) is 6.10. The van der Waals surface area contributed by atoms with Gasteiger partial charge in [-0.1, -0.05) is 30.3 Å². The van der Waals surface area contributed by atoms with Crippen LogP contribution in [-0.2, 0) is 14.8 Å². The molecule has 0 radical (unpaired) electrons. The summed E-state index contributed by atoms with van der Waals surface area (Å²) >= 11 is 0. The van der Waals surface area contributed by atoms with Gasteiger partial charge in [0.15, 0.2) is 0 Å².